The van der Waals surface area contributed by atoms with Crippen LogP contribution < -0.4 is 0 Å². The molecule has 0 atom stereocenters. The zero-order valence-electron chi connectivity index (χ0n) is 27.5. The molecule has 0 aliphatic rings. The van der Waals surface area contributed by atoms with Gasteiger partial charge in [-0.15, -0.1) is 0 Å². The summed E-state index contributed by atoms with van der Waals surface area (Å²) in [6.45, 7) is 0. The highest BCUT2D eigenvalue weighted by molar-refractivity contribution is 6.13. The first-order valence-corrected chi connectivity index (χ1v) is 17.1. The van der Waals surface area contributed by atoms with Crippen molar-refractivity contribution in [2.75, 3.05) is 0 Å². The number of furan rings is 1. The topological polar surface area (TPSA) is 51.5 Å². The molecule has 238 valence electrons. The molecular formula is C47H30N3O+. The molecule has 0 saturated carbocycles. The van der Waals surface area contributed by atoms with Gasteiger partial charge in [-0.2, -0.15) is 0 Å². The molecule has 0 aliphatic carbocycles. The van der Waals surface area contributed by atoms with Crippen LogP contribution in [0.25, 0.3) is 99.9 Å². The van der Waals surface area contributed by atoms with Crippen LogP contribution in [0.1, 0.15) is 0 Å². The van der Waals surface area contributed by atoms with Gasteiger partial charge in [-0.05, 0) is 80.2 Å². The molecule has 0 radical (unpaired) electrons. The van der Waals surface area contributed by atoms with Gasteiger partial charge in [0, 0.05) is 28.8 Å². The maximum absolute atomic E-state index is 5.04. The van der Waals surface area contributed by atoms with Gasteiger partial charge in [-0.1, -0.05) is 127 Å². The molecule has 0 amide bonds. The van der Waals surface area contributed by atoms with Crippen LogP contribution in [0.4, 0.5) is 0 Å². The van der Waals surface area contributed by atoms with Gasteiger partial charge in [-0.3, -0.25) is 0 Å². The molecule has 2 heterocycles. The first-order chi connectivity index (χ1) is 25.2. The predicted molar refractivity (Wildman–Crippen MR) is 210 cm³/mol. The summed E-state index contributed by atoms with van der Waals surface area (Å²) in [7, 11) is 0. The number of nitrogens with zero attached hydrogens (tertiary/aromatic N) is 3. The maximum atomic E-state index is 5.04. The van der Waals surface area contributed by atoms with Gasteiger partial charge in [-0.25, -0.2) is 15.0 Å². The van der Waals surface area contributed by atoms with Crippen molar-refractivity contribution in [1.29, 1.82) is 0 Å². The highest BCUT2D eigenvalue weighted by Gasteiger charge is 2.21. The molecule has 0 aliphatic heterocycles. The fourth-order valence-electron chi connectivity index (χ4n) is 7.15. The van der Waals surface area contributed by atoms with Crippen molar-refractivity contribution in [2.45, 2.75) is 0 Å². The van der Waals surface area contributed by atoms with Crippen molar-refractivity contribution in [3.05, 3.63) is 176 Å². The van der Waals surface area contributed by atoms with E-state index >= 15 is 0 Å². The Balaban J connectivity index is 1.08. The quantitative estimate of drug-likeness (QED) is 0.174. The minimum absolute atomic E-state index is 0.626. The zero-order valence-corrected chi connectivity index (χ0v) is 27.5. The second kappa shape index (κ2) is 11.9. The zero-order chi connectivity index (χ0) is 33.7. The Hall–Kier alpha value is -6.91. The fourth-order valence-corrected chi connectivity index (χ4v) is 7.15. The summed E-state index contributed by atoms with van der Waals surface area (Å²) in [5.41, 5.74) is 9.42. The smallest absolute Gasteiger partial charge is 0.269 e. The molecule has 4 nitrogen and oxygen atoms in total. The van der Waals surface area contributed by atoms with Crippen LogP contribution in [0.15, 0.2) is 180 Å². The van der Waals surface area contributed by atoms with Crippen LogP contribution in [0.3, 0.4) is 0 Å². The summed E-state index contributed by atoms with van der Waals surface area (Å²) in [4.78, 5) is 15.0. The fraction of sp³-hybridized carbons (Fsp3) is 0. The monoisotopic (exact) mass is 652 g/mol. The Morgan fingerprint density at radius 3 is 1.43 bits per heavy atom. The molecule has 10 rings (SSSR count). The van der Waals surface area contributed by atoms with E-state index in [4.69, 9.17) is 19.4 Å². The molecule has 0 spiro atoms. The summed E-state index contributed by atoms with van der Waals surface area (Å²) in [5.74, 6) is 1.91. The molecule has 0 bridgehead atoms. The van der Waals surface area contributed by atoms with E-state index in [0.29, 0.717) is 17.5 Å². The Bertz CT molecular complexity index is 2860. The van der Waals surface area contributed by atoms with E-state index in [1.165, 1.54) is 32.7 Å². The molecule has 2 aromatic heterocycles. The lowest BCUT2D eigenvalue weighted by atomic mass is 9.96. The van der Waals surface area contributed by atoms with Gasteiger partial charge in [0.1, 0.15) is 0 Å². The predicted octanol–water partition coefficient (Wildman–Crippen LogP) is 12.5. The van der Waals surface area contributed by atoms with Crippen molar-refractivity contribution in [1.82, 2.24) is 15.0 Å². The second-order valence-electron chi connectivity index (χ2n) is 12.9. The van der Waals surface area contributed by atoms with Gasteiger partial charge in [0.15, 0.2) is 17.5 Å². The Morgan fingerprint density at radius 1 is 0.314 bits per heavy atom. The standard InChI is InChI=1S/C47H29N3O/c1-3-11-31(12-4-1)45-48-46(32-13-5-2-6-14-32)50-47(49-45)40-16-9-17-43-44(40)41-29-39(24-25-42(41)51-43)38-23-22-36-27-35(20-21-37(36)28-38)34-19-18-30-10-7-8-15-33(30)26-34/h1-29H/p+1. The molecule has 1 N–H and O–H groups in total. The van der Waals surface area contributed by atoms with E-state index in [0.717, 1.165) is 49.8 Å². The van der Waals surface area contributed by atoms with Crippen LogP contribution in [-0.4, -0.2) is 15.0 Å². The van der Waals surface area contributed by atoms with E-state index < -0.39 is 0 Å². The Kier molecular flexibility index (Phi) is 6.78. The molecule has 8 aromatic carbocycles. The SMILES string of the molecule is c1ccc(-c2nc(-c3ccccc3)nc(-c3cccc4[oH+]c5ccc(-c6ccc7cc(-c8ccc9ccccc9c8)ccc7c6)cc5c34)n2)cc1. The molecule has 0 unspecified atom stereocenters. The van der Waals surface area contributed by atoms with Crippen LogP contribution in [0.5, 0.6) is 0 Å². The number of rotatable bonds is 5. The van der Waals surface area contributed by atoms with Crippen LogP contribution >= 0.6 is 0 Å². The summed E-state index contributed by atoms with van der Waals surface area (Å²) < 4.78 is 5.03. The van der Waals surface area contributed by atoms with Gasteiger partial charge < -0.3 is 4.42 Å². The highest BCUT2D eigenvalue weighted by atomic mass is 16.3. The Labute approximate surface area is 294 Å². The third kappa shape index (κ3) is 5.22. The number of benzene rings is 8. The number of aromatic nitrogens is 3. The lowest BCUT2D eigenvalue weighted by molar-refractivity contribution is 0.669. The molecule has 10 aromatic rings. The van der Waals surface area contributed by atoms with Crippen molar-refractivity contribution >= 4 is 43.5 Å². The number of fused-ring (bicyclic) bond motifs is 5. The van der Waals surface area contributed by atoms with Crippen molar-refractivity contribution < 1.29 is 4.42 Å². The van der Waals surface area contributed by atoms with Gasteiger partial charge in [0.05, 0.1) is 10.8 Å². The van der Waals surface area contributed by atoms with Crippen molar-refractivity contribution in [2.24, 2.45) is 0 Å². The van der Waals surface area contributed by atoms with E-state index in [2.05, 4.69) is 109 Å². The van der Waals surface area contributed by atoms with E-state index in [9.17, 15) is 0 Å². The van der Waals surface area contributed by atoms with Crippen molar-refractivity contribution in [3.8, 4) is 56.4 Å². The lowest BCUT2D eigenvalue weighted by Crippen LogP contribution is -2.00. The van der Waals surface area contributed by atoms with E-state index in [1.807, 2.05) is 66.7 Å². The average molecular weight is 653 g/mol. The third-order valence-electron chi connectivity index (χ3n) is 9.75. The average Bonchev–Trinajstić information content (AvgIpc) is 3.59. The van der Waals surface area contributed by atoms with Crippen LogP contribution in [-0.2, 0) is 0 Å². The van der Waals surface area contributed by atoms with Crippen molar-refractivity contribution in [3.63, 3.8) is 0 Å². The first-order valence-electron chi connectivity index (χ1n) is 17.1. The van der Waals surface area contributed by atoms with Crippen LogP contribution in [0.2, 0.25) is 0 Å². The largest absolute Gasteiger partial charge is 0.545 e. The molecule has 0 saturated heterocycles. The molecule has 51 heavy (non-hydrogen) atoms. The van der Waals surface area contributed by atoms with Gasteiger partial charge in [0.2, 0.25) is 0 Å². The highest BCUT2D eigenvalue weighted by Crippen LogP contribution is 2.39. The first kappa shape index (κ1) is 29.0. The molecule has 4 heteroatoms. The molecule has 0 fully saturated rings. The summed E-state index contributed by atoms with van der Waals surface area (Å²) in [6, 6.07) is 61.6. The normalized spacial score (nSPS) is 11.5. The van der Waals surface area contributed by atoms with E-state index in [1.54, 1.807) is 0 Å². The van der Waals surface area contributed by atoms with Crippen LogP contribution in [0, 0.1) is 0 Å². The van der Waals surface area contributed by atoms with Gasteiger partial charge in [0.25, 0.3) is 11.2 Å². The summed E-state index contributed by atoms with van der Waals surface area (Å²) in [5, 5.41) is 7.04. The number of hydrogen-bond acceptors (Lipinski definition) is 3. The minimum Gasteiger partial charge on any atom is -0.545 e. The maximum Gasteiger partial charge on any atom is 0.269 e. The Morgan fingerprint density at radius 2 is 0.804 bits per heavy atom. The third-order valence-corrected chi connectivity index (χ3v) is 9.75. The molecular weight excluding hydrogens is 623 g/mol. The summed E-state index contributed by atoms with van der Waals surface area (Å²) in [6.07, 6.45) is 0. The summed E-state index contributed by atoms with van der Waals surface area (Å²) >= 11 is 0. The minimum atomic E-state index is 0.626. The number of hydrogen-bond donors (Lipinski definition) is 0. The lowest BCUT2D eigenvalue weighted by Gasteiger charge is -2.09. The van der Waals surface area contributed by atoms with E-state index in [-0.39, 0.29) is 0 Å². The van der Waals surface area contributed by atoms with Gasteiger partial charge >= 0.3 is 0 Å². The second-order valence-corrected chi connectivity index (χ2v) is 12.9.